The molecule has 0 saturated carbocycles. The van der Waals surface area contributed by atoms with Gasteiger partial charge >= 0.3 is 15.6 Å². The molecule has 0 aromatic carbocycles. The van der Waals surface area contributed by atoms with E-state index in [1.54, 1.807) is 6.92 Å². The summed E-state index contributed by atoms with van der Waals surface area (Å²) in [5.41, 5.74) is 0. The first kappa shape index (κ1) is 18.4. The molecule has 12 heteroatoms. The predicted octanol–water partition coefficient (Wildman–Crippen LogP) is 2.16. The Morgan fingerprint density at radius 2 is 1.56 bits per heavy atom. The van der Waals surface area contributed by atoms with Crippen LogP contribution in [0, 0.1) is 0 Å². The Labute approximate surface area is 105 Å². The number of phosphoric ester groups is 1. The van der Waals surface area contributed by atoms with Crippen LogP contribution < -0.4 is 0 Å². The second kappa shape index (κ2) is 7.29. The number of rotatable bonds is 9. The van der Waals surface area contributed by atoms with E-state index in [4.69, 9.17) is 9.79 Å². The summed E-state index contributed by atoms with van der Waals surface area (Å²) in [6, 6.07) is 0. The molecule has 0 saturated heterocycles. The molecule has 3 unspecified atom stereocenters. The second-order valence-electron chi connectivity index (χ2n) is 3.17. The van der Waals surface area contributed by atoms with Crippen molar-refractivity contribution < 1.29 is 41.4 Å². The zero-order chi connectivity index (χ0) is 14.4. The van der Waals surface area contributed by atoms with Crippen LogP contribution >= 0.6 is 23.0 Å². The maximum atomic E-state index is 11.5. The van der Waals surface area contributed by atoms with Crippen molar-refractivity contribution in [3.05, 3.63) is 0 Å². The van der Waals surface area contributed by atoms with Crippen molar-refractivity contribution in [2.45, 2.75) is 13.8 Å². The molecular formula is C6H17O9P3. The highest BCUT2D eigenvalue weighted by Gasteiger charge is 2.39. The molecule has 110 valence electrons. The van der Waals surface area contributed by atoms with Gasteiger partial charge in [0.2, 0.25) is 7.37 Å². The Kier molecular flexibility index (Phi) is 7.47. The van der Waals surface area contributed by atoms with Gasteiger partial charge in [0.05, 0.1) is 0 Å². The SMILES string of the molecule is CCOCOP(=O)(O)OP(=O)(O)OP(C)(=O)CC. The van der Waals surface area contributed by atoms with Gasteiger partial charge < -0.3 is 14.5 Å². The molecule has 0 spiro atoms. The van der Waals surface area contributed by atoms with Crippen LogP contribution in [-0.4, -0.2) is 36.0 Å². The Morgan fingerprint density at radius 1 is 1.00 bits per heavy atom. The Hall–Kier alpha value is 0.450. The molecule has 9 nitrogen and oxygen atoms in total. The average molecular weight is 326 g/mol. The van der Waals surface area contributed by atoms with Crippen molar-refractivity contribution in [1.29, 1.82) is 0 Å². The lowest BCUT2D eigenvalue weighted by Gasteiger charge is -2.18. The fourth-order valence-electron chi connectivity index (χ4n) is 0.632. The average Bonchev–Trinajstić information content (AvgIpc) is 2.14. The normalized spacial score (nSPS) is 21.8. The van der Waals surface area contributed by atoms with Gasteiger partial charge in [-0.3, -0.25) is 9.09 Å². The van der Waals surface area contributed by atoms with Crippen molar-refractivity contribution >= 4 is 23.0 Å². The van der Waals surface area contributed by atoms with Gasteiger partial charge in [-0.1, -0.05) is 6.92 Å². The molecule has 0 aliphatic heterocycles. The van der Waals surface area contributed by atoms with Crippen LogP contribution in [-0.2, 0) is 31.6 Å². The first-order chi connectivity index (χ1) is 8.04. The first-order valence-corrected chi connectivity index (χ1v) is 10.2. The van der Waals surface area contributed by atoms with Crippen molar-refractivity contribution in [3.8, 4) is 0 Å². The van der Waals surface area contributed by atoms with Crippen molar-refractivity contribution in [2.75, 3.05) is 26.2 Å². The van der Waals surface area contributed by atoms with E-state index in [1.807, 2.05) is 0 Å². The van der Waals surface area contributed by atoms with E-state index in [9.17, 15) is 13.7 Å². The summed E-state index contributed by atoms with van der Waals surface area (Å²) in [6.45, 7) is 3.80. The van der Waals surface area contributed by atoms with Crippen LogP contribution in [0.4, 0.5) is 0 Å². The van der Waals surface area contributed by atoms with E-state index in [-0.39, 0.29) is 12.8 Å². The molecule has 18 heavy (non-hydrogen) atoms. The van der Waals surface area contributed by atoms with Gasteiger partial charge in [-0.15, -0.1) is 0 Å². The largest absolute Gasteiger partial charge is 0.486 e. The second-order valence-corrected chi connectivity index (χ2v) is 9.27. The maximum absolute atomic E-state index is 11.5. The zero-order valence-corrected chi connectivity index (χ0v) is 12.9. The number of hydrogen-bond donors (Lipinski definition) is 2. The van der Waals surface area contributed by atoms with Crippen LogP contribution in [0.25, 0.3) is 0 Å². The molecule has 0 aromatic rings. The third kappa shape index (κ3) is 8.53. The predicted molar refractivity (Wildman–Crippen MR) is 63.5 cm³/mol. The fraction of sp³-hybridized carbons (Fsp3) is 1.00. The van der Waals surface area contributed by atoms with E-state index >= 15 is 0 Å². The van der Waals surface area contributed by atoms with E-state index in [0.717, 1.165) is 6.66 Å². The standard InChI is InChI=1S/C6H17O9P3/c1-4-12-6-13-17(8,9)15-18(10,11)14-16(3,7)5-2/h4-6H2,1-3H3,(H,8,9)(H,10,11). The minimum Gasteiger partial charge on any atom is -0.355 e. The number of phosphoric acid groups is 2. The quantitative estimate of drug-likeness (QED) is 0.372. The van der Waals surface area contributed by atoms with Crippen molar-refractivity contribution in [2.24, 2.45) is 0 Å². The molecule has 0 amide bonds. The van der Waals surface area contributed by atoms with Crippen LogP contribution in [0.1, 0.15) is 13.8 Å². The van der Waals surface area contributed by atoms with Crippen molar-refractivity contribution in [3.63, 3.8) is 0 Å². The van der Waals surface area contributed by atoms with Crippen LogP contribution in [0.3, 0.4) is 0 Å². The minimum atomic E-state index is -4.96. The first-order valence-electron chi connectivity index (χ1n) is 4.90. The Bertz CT molecular complexity index is 394. The molecule has 0 aliphatic rings. The van der Waals surface area contributed by atoms with Gasteiger partial charge in [-0.25, -0.2) is 13.4 Å². The smallest absolute Gasteiger partial charge is 0.355 e. The van der Waals surface area contributed by atoms with Gasteiger partial charge in [0.25, 0.3) is 0 Å². The fourth-order valence-corrected chi connectivity index (χ4v) is 4.67. The van der Waals surface area contributed by atoms with Crippen molar-refractivity contribution in [1.82, 2.24) is 0 Å². The molecule has 3 atom stereocenters. The van der Waals surface area contributed by atoms with Gasteiger partial charge in [-0.2, -0.15) is 4.31 Å². The molecule has 0 aliphatic carbocycles. The monoisotopic (exact) mass is 326 g/mol. The number of hydrogen-bond acceptors (Lipinski definition) is 7. The molecule has 0 aromatic heterocycles. The number of ether oxygens (including phenoxy) is 1. The highest BCUT2D eigenvalue weighted by Crippen LogP contribution is 2.67. The molecule has 0 radical (unpaired) electrons. The van der Waals surface area contributed by atoms with E-state index in [1.165, 1.54) is 6.92 Å². The van der Waals surface area contributed by atoms with Crippen LogP contribution in [0.5, 0.6) is 0 Å². The molecule has 2 N–H and O–H groups in total. The zero-order valence-electron chi connectivity index (χ0n) is 10.2. The third-order valence-electron chi connectivity index (χ3n) is 1.56. The minimum absolute atomic E-state index is 0.0313. The summed E-state index contributed by atoms with van der Waals surface area (Å²) in [4.78, 5) is 18.2. The van der Waals surface area contributed by atoms with Crippen LogP contribution in [0.15, 0.2) is 0 Å². The third-order valence-corrected chi connectivity index (χ3v) is 7.00. The maximum Gasteiger partial charge on any atom is 0.486 e. The van der Waals surface area contributed by atoms with Gasteiger partial charge in [0.1, 0.15) is 0 Å². The van der Waals surface area contributed by atoms with E-state index < -0.39 is 29.8 Å². The Morgan fingerprint density at radius 3 is 2.00 bits per heavy atom. The lowest BCUT2D eigenvalue weighted by molar-refractivity contribution is 0.00465. The van der Waals surface area contributed by atoms with E-state index in [2.05, 4.69) is 17.9 Å². The molecule has 0 rings (SSSR count). The molecule has 0 heterocycles. The topological polar surface area (TPSA) is 129 Å². The lowest BCUT2D eigenvalue weighted by Crippen LogP contribution is -2.01. The summed E-state index contributed by atoms with van der Waals surface area (Å²) in [5.74, 6) is 0. The summed E-state index contributed by atoms with van der Waals surface area (Å²) >= 11 is 0. The molecular weight excluding hydrogens is 309 g/mol. The highest BCUT2D eigenvalue weighted by atomic mass is 31.3. The van der Waals surface area contributed by atoms with E-state index in [0.29, 0.717) is 0 Å². The summed E-state index contributed by atoms with van der Waals surface area (Å²) in [7, 11) is -13.2. The summed E-state index contributed by atoms with van der Waals surface area (Å²) in [5, 5.41) is 0. The lowest BCUT2D eigenvalue weighted by atomic mass is 10.9. The van der Waals surface area contributed by atoms with Gasteiger partial charge in [0, 0.05) is 19.4 Å². The summed E-state index contributed by atoms with van der Waals surface area (Å²) in [6.07, 6.45) is -0.0313. The molecule has 0 fully saturated rings. The van der Waals surface area contributed by atoms with Gasteiger partial charge in [-0.05, 0) is 6.92 Å². The Balaban J connectivity index is 4.52. The van der Waals surface area contributed by atoms with Gasteiger partial charge in [0.15, 0.2) is 6.79 Å². The van der Waals surface area contributed by atoms with Crippen LogP contribution in [0.2, 0.25) is 0 Å². The highest BCUT2D eigenvalue weighted by molar-refractivity contribution is 7.70. The summed E-state index contributed by atoms with van der Waals surface area (Å²) < 4.78 is 51.1. The molecule has 0 bridgehead atoms.